The number of para-hydroxylation sites is 1. The van der Waals surface area contributed by atoms with Crippen LogP contribution in [0.4, 0.5) is 5.95 Å². The summed E-state index contributed by atoms with van der Waals surface area (Å²) in [7, 11) is -0.702. The molecule has 0 bridgehead atoms. The largest absolute Gasteiger partial charge is 0.495 e. The maximum atomic E-state index is 13.1. The van der Waals surface area contributed by atoms with Gasteiger partial charge in [-0.05, 0) is 79.6 Å². The van der Waals surface area contributed by atoms with Crippen molar-refractivity contribution in [2.24, 2.45) is 5.73 Å². The van der Waals surface area contributed by atoms with Crippen molar-refractivity contribution in [3.63, 3.8) is 0 Å². The number of hydrogen-bond acceptors (Lipinski definition) is 9. The molecule has 0 atom stereocenters. The van der Waals surface area contributed by atoms with Gasteiger partial charge in [0.15, 0.2) is 9.84 Å². The fourth-order valence-corrected chi connectivity index (χ4v) is 6.69. The average molecular weight is 562 g/mol. The van der Waals surface area contributed by atoms with Gasteiger partial charge < -0.3 is 20.5 Å². The number of nitrogens with one attached hydrogen (secondary N) is 1. The highest BCUT2D eigenvalue weighted by molar-refractivity contribution is 7.90. The third kappa shape index (κ3) is 5.88. The molecule has 40 heavy (non-hydrogen) atoms. The van der Waals surface area contributed by atoms with E-state index in [1.54, 1.807) is 24.3 Å². The predicted molar refractivity (Wildman–Crippen MR) is 156 cm³/mol. The van der Waals surface area contributed by atoms with Gasteiger partial charge in [-0.15, -0.1) is 0 Å². The van der Waals surface area contributed by atoms with Gasteiger partial charge in [-0.1, -0.05) is 19.1 Å². The van der Waals surface area contributed by atoms with E-state index < -0.39 is 9.84 Å². The van der Waals surface area contributed by atoms with Crippen LogP contribution in [-0.2, 0) is 22.0 Å². The maximum Gasteiger partial charge on any atom is 0.223 e. The number of fused-ring (bicyclic) bond motifs is 1. The summed E-state index contributed by atoms with van der Waals surface area (Å²) in [6.07, 6.45) is 6.68. The lowest BCUT2D eigenvalue weighted by atomic mass is 9.92. The molecule has 1 fully saturated rings. The minimum atomic E-state index is -3.69. The Morgan fingerprint density at radius 2 is 1.77 bits per heavy atom. The van der Waals surface area contributed by atoms with Crippen LogP contribution < -0.4 is 20.5 Å². The molecule has 1 aliphatic rings. The topological polar surface area (TPSA) is 129 Å². The molecule has 2 heterocycles. The van der Waals surface area contributed by atoms with Crippen LogP contribution >= 0.6 is 0 Å². The number of pyridine rings is 1. The van der Waals surface area contributed by atoms with Crippen LogP contribution in [0.25, 0.3) is 22.0 Å². The SMILES string of the molecule is CCc1cc(-c2ccc(CS(=O)(=O)c3ccccc3OC)nc2OC)cc2cnc(NC3CCC(N)CC3)nc12. The molecule has 0 aliphatic heterocycles. The Morgan fingerprint density at radius 3 is 2.50 bits per heavy atom. The first-order chi connectivity index (χ1) is 19.3. The summed E-state index contributed by atoms with van der Waals surface area (Å²) < 4.78 is 37.2. The molecule has 3 N–H and O–H groups in total. The standard InChI is InChI=1S/C30H35N5O4S/c1-4-19-15-20(16-21-17-32-30(35-28(19)21)34-23-11-9-22(31)10-12-23)25-14-13-24(33-29(25)39-3)18-40(36,37)27-8-6-5-7-26(27)38-2/h5-8,13-17,22-23H,4,9-12,18,31H2,1-3H3,(H,32,34,35). The number of nitrogens with zero attached hydrogens (tertiary/aromatic N) is 3. The molecule has 2 aromatic carbocycles. The highest BCUT2D eigenvalue weighted by atomic mass is 32.2. The van der Waals surface area contributed by atoms with E-state index in [4.69, 9.17) is 20.2 Å². The highest BCUT2D eigenvalue weighted by Crippen LogP contribution is 2.34. The van der Waals surface area contributed by atoms with E-state index in [2.05, 4.69) is 28.3 Å². The molecule has 5 rings (SSSR count). The smallest absolute Gasteiger partial charge is 0.223 e. The number of anilines is 1. The monoisotopic (exact) mass is 561 g/mol. The Morgan fingerprint density at radius 1 is 1.00 bits per heavy atom. The van der Waals surface area contributed by atoms with E-state index in [9.17, 15) is 8.42 Å². The highest BCUT2D eigenvalue weighted by Gasteiger charge is 2.22. The van der Waals surface area contributed by atoms with Crippen LogP contribution in [0.1, 0.15) is 43.9 Å². The van der Waals surface area contributed by atoms with Gasteiger partial charge in [-0.25, -0.2) is 23.4 Å². The van der Waals surface area contributed by atoms with E-state index in [1.165, 1.54) is 20.3 Å². The van der Waals surface area contributed by atoms with Crippen LogP contribution in [0.2, 0.25) is 0 Å². The summed E-state index contributed by atoms with van der Waals surface area (Å²) in [5.41, 5.74) is 10.1. The van der Waals surface area contributed by atoms with Crippen molar-refractivity contribution in [3.05, 3.63) is 66.0 Å². The van der Waals surface area contributed by atoms with Crippen LogP contribution in [0, 0.1) is 0 Å². The molecule has 1 saturated carbocycles. The molecule has 9 nitrogen and oxygen atoms in total. The predicted octanol–water partition coefficient (Wildman–Crippen LogP) is 4.93. The molecule has 0 unspecified atom stereocenters. The second kappa shape index (κ2) is 11.8. The van der Waals surface area contributed by atoms with Gasteiger partial charge in [0.25, 0.3) is 0 Å². The first kappa shape index (κ1) is 27.8. The van der Waals surface area contributed by atoms with Gasteiger partial charge in [0.05, 0.1) is 31.2 Å². The number of rotatable bonds is 9. The molecule has 1 aliphatic carbocycles. The summed E-state index contributed by atoms with van der Waals surface area (Å²) in [4.78, 5) is 14.1. The number of hydrogen-bond donors (Lipinski definition) is 2. The zero-order chi connectivity index (χ0) is 28.3. The molecule has 210 valence electrons. The van der Waals surface area contributed by atoms with E-state index in [1.807, 2.05) is 18.3 Å². The van der Waals surface area contributed by atoms with Gasteiger partial charge in [0, 0.05) is 29.2 Å². The van der Waals surface area contributed by atoms with Gasteiger partial charge in [0.1, 0.15) is 10.6 Å². The molecule has 4 aromatic rings. The van der Waals surface area contributed by atoms with Gasteiger partial charge in [-0.2, -0.15) is 0 Å². The normalized spacial score (nSPS) is 17.5. The Bertz CT molecular complexity index is 1620. The second-order valence-corrected chi connectivity index (χ2v) is 12.1. The first-order valence-corrected chi connectivity index (χ1v) is 15.2. The minimum Gasteiger partial charge on any atom is -0.495 e. The summed E-state index contributed by atoms with van der Waals surface area (Å²) in [6.45, 7) is 2.09. The summed E-state index contributed by atoms with van der Waals surface area (Å²) in [5, 5.41) is 4.40. The van der Waals surface area contributed by atoms with Crippen molar-refractivity contribution in [1.29, 1.82) is 0 Å². The minimum absolute atomic E-state index is 0.130. The second-order valence-electron chi connectivity index (χ2n) is 10.1. The van der Waals surface area contributed by atoms with E-state index >= 15 is 0 Å². The lowest BCUT2D eigenvalue weighted by Gasteiger charge is -2.26. The Kier molecular flexibility index (Phi) is 8.18. The van der Waals surface area contributed by atoms with E-state index in [-0.39, 0.29) is 16.7 Å². The Labute approximate surface area is 235 Å². The molecular formula is C30H35N5O4S. The Balaban J connectivity index is 1.44. The lowest BCUT2D eigenvalue weighted by Crippen LogP contribution is -2.33. The fourth-order valence-electron chi connectivity index (χ4n) is 5.24. The van der Waals surface area contributed by atoms with Gasteiger partial charge in [-0.3, -0.25) is 0 Å². The van der Waals surface area contributed by atoms with Crippen molar-refractivity contribution >= 4 is 26.7 Å². The van der Waals surface area contributed by atoms with Crippen molar-refractivity contribution in [2.75, 3.05) is 19.5 Å². The molecule has 2 aromatic heterocycles. The number of sulfone groups is 1. The molecule has 0 spiro atoms. The van der Waals surface area contributed by atoms with Crippen molar-refractivity contribution in [1.82, 2.24) is 15.0 Å². The quantitative estimate of drug-likeness (QED) is 0.292. The summed E-state index contributed by atoms with van der Waals surface area (Å²) >= 11 is 0. The molecular weight excluding hydrogens is 526 g/mol. The summed E-state index contributed by atoms with van der Waals surface area (Å²) in [5.74, 6) is 1.01. The van der Waals surface area contributed by atoms with Crippen LogP contribution in [0.15, 0.2) is 59.6 Å². The van der Waals surface area contributed by atoms with Gasteiger partial charge >= 0.3 is 0 Å². The Hall–Kier alpha value is -3.76. The lowest BCUT2D eigenvalue weighted by molar-refractivity contribution is 0.398. The first-order valence-electron chi connectivity index (χ1n) is 13.5. The molecule has 10 heteroatoms. The maximum absolute atomic E-state index is 13.1. The zero-order valence-corrected chi connectivity index (χ0v) is 23.9. The van der Waals surface area contributed by atoms with Crippen molar-refractivity contribution < 1.29 is 17.9 Å². The van der Waals surface area contributed by atoms with E-state index in [0.29, 0.717) is 29.3 Å². The molecule has 0 saturated heterocycles. The number of benzene rings is 2. The zero-order valence-electron chi connectivity index (χ0n) is 23.1. The average Bonchev–Trinajstić information content (AvgIpc) is 2.97. The number of aromatic nitrogens is 3. The number of aryl methyl sites for hydroxylation is 1. The third-order valence-electron chi connectivity index (χ3n) is 7.41. The number of nitrogens with two attached hydrogens (primary N) is 1. The van der Waals surface area contributed by atoms with Crippen molar-refractivity contribution in [3.8, 4) is 22.8 Å². The molecule has 0 amide bonds. The van der Waals surface area contributed by atoms with E-state index in [0.717, 1.165) is 59.7 Å². The fraction of sp³-hybridized carbons (Fsp3) is 0.367. The molecule has 0 radical (unpaired) electrons. The van der Waals surface area contributed by atoms with Crippen LogP contribution in [0.3, 0.4) is 0 Å². The third-order valence-corrected chi connectivity index (χ3v) is 9.10. The number of ether oxygens (including phenoxy) is 2. The van der Waals surface area contributed by atoms with Crippen molar-refractivity contribution in [2.45, 2.75) is 61.8 Å². The summed E-state index contributed by atoms with van der Waals surface area (Å²) in [6, 6.07) is 14.9. The van der Waals surface area contributed by atoms with Crippen LogP contribution in [-0.4, -0.2) is 49.7 Å². The number of methoxy groups -OCH3 is 2. The van der Waals surface area contributed by atoms with Gasteiger partial charge in [0.2, 0.25) is 11.8 Å². The van der Waals surface area contributed by atoms with Crippen LogP contribution in [0.5, 0.6) is 11.6 Å².